The molecule has 0 aromatic heterocycles. The Balaban J connectivity index is 2.47. The molecule has 1 atom stereocenters. The zero-order valence-electron chi connectivity index (χ0n) is 11.5. The fourth-order valence-corrected chi connectivity index (χ4v) is 2.17. The smallest absolute Gasteiger partial charge is 0.409 e. The Morgan fingerprint density at radius 1 is 1.41 bits per heavy atom. The van der Waals surface area contributed by atoms with E-state index in [4.69, 9.17) is 4.74 Å². The zero-order valence-corrected chi connectivity index (χ0v) is 11.5. The molecule has 0 aliphatic carbocycles. The van der Waals surface area contributed by atoms with Gasteiger partial charge < -0.3 is 19.4 Å². The molecular weight excluding hydrogens is 218 g/mol. The number of hydrogen-bond donors (Lipinski definition) is 0. The van der Waals surface area contributed by atoms with E-state index in [0.717, 1.165) is 26.2 Å². The molecule has 0 aromatic rings. The summed E-state index contributed by atoms with van der Waals surface area (Å²) in [5.74, 6) is 0. The Kier molecular flexibility index (Phi) is 5.71. The van der Waals surface area contributed by atoms with Crippen LogP contribution in [0.15, 0.2) is 0 Å². The minimum absolute atomic E-state index is 0.216. The number of methoxy groups -OCH3 is 1. The highest BCUT2D eigenvalue weighted by Crippen LogP contribution is 2.16. The molecule has 1 aliphatic heterocycles. The number of ether oxygens (including phenoxy) is 1. The van der Waals surface area contributed by atoms with Crippen molar-refractivity contribution < 1.29 is 9.53 Å². The first-order valence-corrected chi connectivity index (χ1v) is 6.22. The fraction of sp³-hybridized carbons (Fsp3) is 0.917. The molecule has 5 heteroatoms. The Labute approximate surface area is 104 Å². The summed E-state index contributed by atoms with van der Waals surface area (Å²) in [5.41, 5.74) is 0. The molecule has 17 heavy (non-hydrogen) atoms. The van der Waals surface area contributed by atoms with Gasteiger partial charge in [0.05, 0.1) is 7.11 Å². The van der Waals surface area contributed by atoms with Crippen LogP contribution in [0.2, 0.25) is 0 Å². The number of likely N-dealkylation sites (tertiary alicyclic amines) is 1. The average molecular weight is 243 g/mol. The Morgan fingerprint density at radius 3 is 2.59 bits per heavy atom. The van der Waals surface area contributed by atoms with Crippen LogP contribution in [0.25, 0.3) is 0 Å². The quantitative estimate of drug-likeness (QED) is 0.712. The number of carbonyl (C=O) groups excluding carboxylic acids is 1. The molecule has 1 saturated heterocycles. The van der Waals surface area contributed by atoms with E-state index >= 15 is 0 Å². The van der Waals surface area contributed by atoms with Gasteiger partial charge in [-0.3, -0.25) is 0 Å². The van der Waals surface area contributed by atoms with Crippen LogP contribution in [0.4, 0.5) is 4.79 Å². The maximum Gasteiger partial charge on any atom is 0.409 e. The maximum absolute atomic E-state index is 11.7. The van der Waals surface area contributed by atoms with Crippen LogP contribution < -0.4 is 0 Å². The van der Waals surface area contributed by atoms with E-state index in [1.807, 2.05) is 19.0 Å². The van der Waals surface area contributed by atoms with Crippen molar-refractivity contribution >= 4 is 6.09 Å². The van der Waals surface area contributed by atoms with Crippen molar-refractivity contribution in [3.8, 4) is 0 Å². The lowest BCUT2D eigenvalue weighted by molar-refractivity contribution is 0.108. The van der Waals surface area contributed by atoms with Crippen LogP contribution in [-0.2, 0) is 4.74 Å². The van der Waals surface area contributed by atoms with Gasteiger partial charge in [-0.05, 0) is 40.5 Å². The SMILES string of the molecule is COC(=O)N(CCN(C)C)CC1CCCN1C. The van der Waals surface area contributed by atoms with Gasteiger partial charge in [-0.1, -0.05) is 0 Å². The molecule has 0 bridgehead atoms. The second kappa shape index (κ2) is 6.81. The minimum Gasteiger partial charge on any atom is -0.453 e. The molecule has 100 valence electrons. The van der Waals surface area contributed by atoms with Gasteiger partial charge in [-0.15, -0.1) is 0 Å². The van der Waals surface area contributed by atoms with Crippen molar-refractivity contribution in [1.82, 2.24) is 14.7 Å². The largest absolute Gasteiger partial charge is 0.453 e. The molecule has 0 saturated carbocycles. The van der Waals surface area contributed by atoms with Gasteiger partial charge in [0, 0.05) is 25.7 Å². The van der Waals surface area contributed by atoms with E-state index in [2.05, 4.69) is 16.8 Å². The molecule has 1 rings (SSSR count). The lowest BCUT2D eigenvalue weighted by Crippen LogP contribution is -2.44. The Hall–Kier alpha value is -0.810. The van der Waals surface area contributed by atoms with Crippen LogP contribution in [0.5, 0.6) is 0 Å². The number of rotatable bonds is 5. The summed E-state index contributed by atoms with van der Waals surface area (Å²) in [4.78, 5) is 17.9. The first-order valence-electron chi connectivity index (χ1n) is 6.22. The van der Waals surface area contributed by atoms with Crippen LogP contribution in [0.3, 0.4) is 0 Å². The Morgan fingerprint density at radius 2 is 2.12 bits per heavy atom. The number of hydrogen-bond acceptors (Lipinski definition) is 4. The molecule has 0 N–H and O–H groups in total. The molecule has 5 nitrogen and oxygen atoms in total. The monoisotopic (exact) mass is 243 g/mol. The molecule has 1 fully saturated rings. The van der Waals surface area contributed by atoms with Crippen molar-refractivity contribution in [3.63, 3.8) is 0 Å². The third kappa shape index (κ3) is 4.52. The second-order valence-electron chi connectivity index (χ2n) is 5.00. The summed E-state index contributed by atoms with van der Waals surface area (Å²) in [7, 11) is 7.59. The van der Waals surface area contributed by atoms with Gasteiger partial charge in [0.2, 0.25) is 0 Å². The summed E-state index contributed by atoms with van der Waals surface area (Å²) in [5, 5.41) is 0. The van der Waals surface area contributed by atoms with Gasteiger partial charge in [-0.2, -0.15) is 0 Å². The van der Waals surface area contributed by atoms with Crippen LogP contribution >= 0.6 is 0 Å². The summed E-state index contributed by atoms with van der Waals surface area (Å²) in [6, 6.07) is 0.483. The summed E-state index contributed by atoms with van der Waals surface area (Å²) in [6.45, 7) is 3.50. The van der Waals surface area contributed by atoms with E-state index in [0.29, 0.717) is 6.04 Å². The lowest BCUT2D eigenvalue weighted by Gasteiger charge is -2.28. The summed E-state index contributed by atoms with van der Waals surface area (Å²) < 4.78 is 4.84. The molecule has 1 aliphatic rings. The van der Waals surface area contributed by atoms with E-state index in [1.165, 1.54) is 20.0 Å². The molecule has 0 radical (unpaired) electrons. The standard InChI is InChI=1S/C12H25N3O2/c1-13(2)8-9-15(12(16)17-4)10-11-6-5-7-14(11)3/h11H,5-10H2,1-4H3. The minimum atomic E-state index is -0.216. The molecule has 1 unspecified atom stereocenters. The normalized spacial score (nSPS) is 20.9. The van der Waals surface area contributed by atoms with Crippen molar-refractivity contribution in [2.24, 2.45) is 0 Å². The topological polar surface area (TPSA) is 36.0 Å². The summed E-state index contributed by atoms with van der Waals surface area (Å²) >= 11 is 0. The average Bonchev–Trinajstić information content (AvgIpc) is 2.68. The summed E-state index contributed by atoms with van der Waals surface area (Å²) in [6.07, 6.45) is 2.18. The third-order valence-corrected chi connectivity index (χ3v) is 3.35. The number of likely N-dealkylation sites (N-methyl/N-ethyl adjacent to an activating group) is 2. The van der Waals surface area contributed by atoms with Crippen LogP contribution in [0.1, 0.15) is 12.8 Å². The molecular formula is C12H25N3O2. The Bertz CT molecular complexity index is 246. The molecule has 1 heterocycles. The lowest BCUT2D eigenvalue weighted by atomic mass is 10.2. The number of nitrogens with zero attached hydrogens (tertiary/aromatic N) is 3. The molecule has 0 spiro atoms. The highest BCUT2D eigenvalue weighted by atomic mass is 16.5. The first-order chi connectivity index (χ1) is 8.04. The van der Waals surface area contributed by atoms with Crippen molar-refractivity contribution in [1.29, 1.82) is 0 Å². The van der Waals surface area contributed by atoms with Crippen molar-refractivity contribution in [3.05, 3.63) is 0 Å². The van der Waals surface area contributed by atoms with E-state index in [9.17, 15) is 4.79 Å². The van der Waals surface area contributed by atoms with Gasteiger partial charge in [0.25, 0.3) is 0 Å². The van der Waals surface area contributed by atoms with Gasteiger partial charge in [0.15, 0.2) is 0 Å². The molecule has 1 amide bonds. The zero-order chi connectivity index (χ0) is 12.8. The first kappa shape index (κ1) is 14.3. The van der Waals surface area contributed by atoms with Crippen molar-refractivity contribution in [2.75, 3.05) is 54.4 Å². The molecule has 0 aromatic carbocycles. The fourth-order valence-electron chi connectivity index (χ4n) is 2.17. The van der Waals surface area contributed by atoms with Gasteiger partial charge >= 0.3 is 6.09 Å². The third-order valence-electron chi connectivity index (χ3n) is 3.35. The van der Waals surface area contributed by atoms with E-state index in [-0.39, 0.29) is 6.09 Å². The highest BCUT2D eigenvalue weighted by molar-refractivity contribution is 5.67. The van der Waals surface area contributed by atoms with Crippen LogP contribution in [-0.4, -0.2) is 81.3 Å². The predicted molar refractivity (Wildman–Crippen MR) is 68.2 cm³/mol. The number of carbonyl (C=O) groups is 1. The highest BCUT2D eigenvalue weighted by Gasteiger charge is 2.25. The van der Waals surface area contributed by atoms with Crippen molar-refractivity contribution in [2.45, 2.75) is 18.9 Å². The van der Waals surface area contributed by atoms with E-state index in [1.54, 1.807) is 0 Å². The van der Waals surface area contributed by atoms with Gasteiger partial charge in [0.1, 0.15) is 0 Å². The maximum atomic E-state index is 11.7. The van der Waals surface area contributed by atoms with Gasteiger partial charge in [-0.25, -0.2) is 4.79 Å². The predicted octanol–water partition coefficient (Wildman–Crippen LogP) is 0.711. The van der Waals surface area contributed by atoms with Crippen LogP contribution in [0, 0.1) is 0 Å². The number of amides is 1. The van der Waals surface area contributed by atoms with E-state index < -0.39 is 0 Å². The second-order valence-corrected chi connectivity index (χ2v) is 5.00.